The van der Waals surface area contributed by atoms with E-state index < -0.39 is 0 Å². The first-order valence-electron chi connectivity index (χ1n) is 7.33. The van der Waals surface area contributed by atoms with E-state index in [4.69, 9.17) is 28.6 Å². The smallest absolute Gasteiger partial charge is 0.187 e. The lowest BCUT2D eigenvalue weighted by Gasteiger charge is -2.10. The number of thiocarbonyl (C=S) groups is 1. The summed E-state index contributed by atoms with van der Waals surface area (Å²) in [6.45, 7) is 4.65. The third-order valence-electron chi connectivity index (χ3n) is 2.99. The van der Waals surface area contributed by atoms with Gasteiger partial charge in [-0.2, -0.15) is 5.10 Å². The van der Waals surface area contributed by atoms with Crippen LogP contribution in [0, 0.1) is 0 Å². The van der Waals surface area contributed by atoms with Crippen molar-refractivity contribution >= 4 is 35.1 Å². The first kappa shape index (κ1) is 18.0. The average molecular weight is 360 g/mol. The van der Waals surface area contributed by atoms with Gasteiger partial charge >= 0.3 is 0 Å². The van der Waals surface area contributed by atoms with E-state index in [9.17, 15) is 0 Å². The zero-order valence-electron chi connectivity index (χ0n) is 13.0. The van der Waals surface area contributed by atoms with Gasteiger partial charge in [-0.15, -0.1) is 6.58 Å². The zero-order valence-corrected chi connectivity index (χ0v) is 14.6. The van der Waals surface area contributed by atoms with Crippen LogP contribution in [0.4, 0.5) is 0 Å². The number of nitrogens with zero attached hydrogens (tertiary/aromatic N) is 1. The molecule has 2 aromatic carbocycles. The summed E-state index contributed by atoms with van der Waals surface area (Å²) in [6.07, 6.45) is 3.33. The van der Waals surface area contributed by atoms with E-state index in [-0.39, 0.29) is 0 Å². The standard InChI is InChI=1S/C18H18ClN3OS/c1-2-10-20-18(24)22-21-12-15-11-16(19)8-9-17(15)23-13-14-6-4-3-5-7-14/h2-9,11-12H,1,10,13H2,(H2,20,22,24)/b21-12-. The van der Waals surface area contributed by atoms with Gasteiger partial charge in [-0.1, -0.05) is 48.0 Å². The predicted octanol–water partition coefficient (Wildman–Crippen LogP) is 3.90. The largest absolute Gasteiger partial charge is 0.488 e. The molecule has 0 aromatic heterocycles. The molecule has 0 fully saturated rings. The van der Waals surface area contributed by atoms with Crippen molar-refractivity contribution in [3.05, 3.63) is 77.3 Å². The number of hydrazone groups is 1. The molecule has 0 radical (unpaired) electrons. The second kappa shape index (κ2) is 9.70. The molecule has 0 aliphatic heterocycles. The van der Waals surface area contributed by atoms with Gasteiger partial charge in [0, 0.05) is 17.1 Å². The van der Waals surface area contributed by atoms with Gasteiger partial charge in [-0.3, -0.25) is 5.43 Å². The Morgan fingerprint density at radius 1 is 1.25 bits per heavy atom. The minimum atomic E-state index is 0.417. The van der Waals surface area contributed by atoms with Crippen LogP contribution in [-0.4, -0.2) is 17.9 Å². The van der Waals surface area contributed by atoms with Gasteiger partial charge in [-0.05, 0) is 36.0 Å². The summed E-state index contributed by atoms with van der Waals surface area (Å²) in [5.41, 5.74) is 4.58. The highest BCUT2D eigenvalue weighted by atomic mass is 35.5. The monoisotopic (exact) mass is 359 g/mol. The maximum absolute atomic E-state index is 6.06. The molecule has 0 unspecified atom stereocenters. The third kappa shape index (κ3) is 6.02. The van der Waals surface area contributed by atoms with Crippen molar-refractivity contribution in [3.63, 3.8) is 0 Å². The van der Waals surface area contributed by atoms with Crippen molar-refractivity contribution in [1.82, 2.24) is 10.7 Å². The summed E-state index contributed by atoms with van der Waals surface area (Å²) < 4.78 is 5.86. The Kier molecular flexibility index (Phi) is 7.26. The van der Waals surface area contributed by atoms with Crippen LogP contribution in [0.25, 0.3) is 0 Å². The number of halogens is 1. The number of ether oxygens (including phenoxy) is 1. The Labute approximate surface area is 152 Å². The zero-order chi connectivity index (χ0) is 17.2. The first-order valence-corrected chi connectivity index (χ1v) is 8.11. The van der Waals surface area contributed by atoms with Crippen molar-refractivity contribution in [2.24, 2.45) is 5.10 Å². The molecule has 0 aliphatic carbocycles. The summed E-state index contributed by atoms with van der Waals surface area (Å²) in [7, 11) is 0. The molecule has 0 saturated heterocycles. The lowest BCUT2D eigenvalue weighted by Crippen LogP contribution is -2.31. The normalized spacial score (nSPS) is 10.4. The summed E-state index contributed by atoms with van der Waals surface area (Å²) in [4.78, 5) is 0. The molecule has 0 bridgehead atoms. The third-order valence-corrected chi connectivity index (χ3v) is 3.46. The van der Waals surface area contributed by atoms with Crippen molar-refractivity contribution in [1.29, 1.82) is 0 Å². The molecule has 2 aromatic rings. The van der Waals surface area contributed by atoms with Crippen molar-refractivity contribution in [2.75, 3.05) is 6.54 Å². The van der Waals surface area contributed by atoms with Crippen LogP contribution in [0.1, 0.15) is 11.1 Å². The number of benzene rings is 2. The number of nitrogens with one attached hydrogen (secondary N) is 2. The van der Waals surface area contributed by atoms with Crippen LogP contribution in [0.5, 0.6) is 5.75 Å². The SMILES string of the molecule is C=CCNC(=S)N/N=C\c1cc(Cl)ccc1OCc1ccccc1. The Balaban J connectivity index is 2.01. The van der Waals surface area contributed by atoms with Gasteiger partial charge in [0.1, 0.15) is 12.4 Å². The molecule has 0 heterocycles. The molecule has 24 heavy (non-hydrogen) atoms. The van der Waals surface area contributed by atoms with E-state index in [1.54, 1.807) is 24.4 Å². The second-order valence-corrected chi connectivity index (χ2v) is 5.67. The Hall–Kier alpha value is -2.37. The number of rotatable bonds is 7. The topological polar surface area (TPSA) is 45.7 Å². The van der Waals surface area contributed by atoms with Crippen LogP contribution >= 0.6 is 23.8 Å². The van der Waals surface area contributed by atoms with E-state index in [0.717, 1.165) is 11.1 Å². The molecule has 2 rings (SSSR count). The maximum Gasteiger partial charge on any atom is 0.187 e. The van der Waals surface area contributed by atoms with E-state index in [2.05, 4.69) is 22.4 Å². The summed E-state index contributed by atoms with van der Waals surface area (Å²) in [5, 5.41) is 8.05. The fourth-order valence-corrected chi connectivity index (χ4v) is 2.17. The molecule has 0 atom stereocenters. The maximum atomic E-state index is 6.06. The Morgan fingerprint density at radius 3 is 2.79 bits per heavy atom. The molecule has 0 saturated carbocycles. The van der Waals surface area contributed by atoms with Gasteiger partial charge in [-0.25, -0.2) is 0 Å². The quantitative estimate of drug-likeness (QED) is 0.340. The van der Waals surface area contributed by atoms with Gasteiger partial charge in [0.25, 0.3) is 0 Å². The van der Waals surface area contributed by atoms with Crippen molar-refractivity contribution in [2.45, 2.75) is 6.61 Å². The summed E-state index contributed by atoms with van der Waals surface area (Å²) >= 11 is 11.1. The minimum absolute atomic E-state index is 0.417. The Morgan fingerprint density at radius 2 is 2.04 bits per heavy atom. The molecule has 2 N–H and O–H groups in total. The van der Waals surface area contributed by atoms with E-state index in [0.29, 0.717) is 29.0 Å². The highest BCUT2D eigenvalue weighted by molar-refractivity contribution is 7.80. The van der Waals surface area contributed by atoms with Gasteiger partial charge in [0.2, 0.25) is 0 Å². The highest BCUT2D eigenvalue weighted by Gasteiger charge is 2.04. The molecule has 0 aliphatic rings. The summed E-state index contributed by atoms with van der Waals surface area (Å²) in [5.74, 6) is 0.693. The van der Waals surface area contributed by atoms with Crippen LogP contribution in [-0.2, 0) is 6.61 Å². The van der Waals surface area contributed by atoms with Crippen LogP contribution in [0.3, 0.4) is 0 Å². The van der Waals surface area contributed by atoms with Crippen LogP contribution in [0.15, 0.2) is 66.3 Å². The molecular weight excluding hydrogens is 342 g/mol. The van der Waals surface area contributed by atoms with E-state index in [1.165, 1.54) is 0 Å². The van der Waals surface area contributed by atoms with Gasteiger partial charge < -0.3 is 10.1 Å². The molecule has 6 heteroatoms. The van der Waals surface area contributed by atoms with Crippen molar-refractivity contribution < 1.29 is 4.74 Å². The highest BCUT2D eigenvalue weighted by Crippen LogP contribution is 2.22. The van der Waals surface area contributed by atoms with Crippen molar-refractivity contribution in [3.8, 4) is 5.75 Å². The fourth-order valence-electron chi connectivity index (χ4n) is 1.85. The lowest BCUT2D eigenvalue weighted by molar-refractivity contribution is 0.306. The van der Waals surface area contributed by atoms with Gasteiger partial charge in [0.15, 0.2) is 5.11 Å². The van der Waals surface area contributed by atoms with E-state index in [1.807, 2.05) is 36.4 Å². The van der Waals surface area contributed by atoms with E-state index >= 15 is 0 Å². The molecule has 0 amide bonds. The van der Waals surface area contributed by atoms with Crippen LogP contribution < -0.4 is 15.5 Å². The lowest BCUT2D eigenvalue weighted by atomic mass is 10.2. The van der Waals surface area contributed by atoms with Crippen LogP contribution in [0.2, 0.25) is 5.02 Å². The van der Waals surface area contributed by atoms with Gasteiger partial charge in [0.05, 0.1) is 6.21 Å². The summed E-state index contributed by atoms with van der Waals surface area (Å²) in [6, 6.07) is 15.3. The predicted molar refractivity (Wildman–Crippen MR) is 104 cm³/mol. The number of hydrogen-bond donors (Lipinski definition) is 2. The average Bonchev–Trinajstić information content (AvgIpc) is 2.60. The Bertz CT molecular complexity index is 719. The minimum Gasteiger partial charge on any atom is -0.488 e. The number of hydrogen-bond acceptors (Lipinski definition) is 3. The molecular formula is C18H18ClN3OS. The first-order chi connectivity index (χ1) is 11.7. The second-order valence-electron chi connectivity index (χ2n) is 4.83. The molecule has 0 spiro atoms. The molecule has 124 valence electrons. The molecule has 4 nitrogen and oxygen atoms in total. The fraction of sp³-hybridized carbons (Fsp3) is 0.111.